The van der Waals surface area contributed by atoms with Crippen LogP contribution in [0.25, 0.3) is 0 Å². The average Bonchev–Trinajstić information content (AvgIpc) is 2.88. The van der Waals surface area contributed by atoms with E-state index in [0.29, 0.717) is 24.3 Å². The highest BCUT2D eigenvalue weighted by Crippen LogP contribution is 2.45. The summed E-state index contributed by atoms with van der Waals surface area (Å²) in [6, 6.07) is 1.06. The number of ether oxygens (including phenoxy) is 2. The molecule has 0 aliphatic carbocycles. The number of carbonyl (C=O) groups excluding carboxylic acids is 2. The largest absolute Gasteiger partial charge is 0.453 e. The summed E-state index contributed by atoms with van der Waals surface area (Å²) in [7, 11) is 0.903. The van der Waals surface area contributed by atoms with Crippen LogP contribution in [0.2, 0.25) is 0 Å². The number of amides is 2. The highest BCUT2D eigenvalue weighted by Gasteiger charge is 2.43. The molecular weight excluding hydrogens is 575 g/mol. The van der Waals surface area contributed by atoms with Gasteiger partial charge in [0.05, 0.1) is 42.1 Å². The molecule has 0 saturated heterocycles. The van der Waals surface area contributed by atoms with Crippen LogP contribution in [0, 0.1) is 0 Å². The summed E-state index contributed by atoms with van der Waals surface area (Å²) in [5.41, 5.74) is -5.28. The Morgan fingerprint density at radius 3 is 1.90 bits per heavy atom. The van der Waals surface area contributed by atoms with Crippen molar-refractivity contribution in [3.63, 3.8) is 0 Å². The Morgan fingerprint density at radius 1 is 0.878 bits per heavy atom. The first kappa shape index (κ1) is 31.9. The monoisotopic (exact) mass is 600 g/mol. The minimum absolute atomic E-state index is 0.0590. The number of methoxy groups -OCH3 is 1. The lowest BCUT2D eigenvalue weighted by Crippen LogP contribution is -2.48. The van der Waals surface area contributed by atoms with Gasteiger partial charge in [-0.25, -0.2) is 9.59 Å². The third-order valence-electron chi connectivity index (χ3n) is 6.56. The van der Waals surface area contributed by atoms with Crippen LogP contribution in [0.3, 0.4) is 0 Å². The molecule has 1 heterocycles. The lowest BCUT2D eigenvalue weighted by molar-refractivity contribution is -0.143. The average molecular weight is 600 g/mol. The van der Waals surface area contributed by atoms with Gasteiger partial charge in [-0.2, -0.15) is 39.5 Å². The van der Waals surface area contributed by atoms with Gasteiger partial charge in [-0.15, -0.1) is 0 Å². The van der Waals surface area contributed by atoms with Crippen LogP contribution in [-0.4, -0.2) is 36.8 Å². The molecule has 6 nitrogen and oxygen atoms in total. The first-order chi connectivity index (χ1) is 18.9. The lowest BCUT2D eigenvalue weighted by atomic mass is 9.87. The number of alkyl halides is 9. The minimum Gasteiger partial charge on any atom is -0.453 e. The first-order valence-corrected chi connectivity index (χ1v) is 12.2. The first-order valence-electron chi connectivity index (χ1n) is 12.2. The normalized spacial score (nSPS) is 17.6. The van der Waals surface area contributed by atoms with E-state index in [1.165, 1.54) is 6.92 Å². The molecule has 15 heteroatoms. The molecule has 1 aliphatic rings. The van der Waals surface area contributed by atoms with Crippen molar-refractivity contribution in [2.45, 2.75) is 63.8 Å². The minimum atomic E-state index is -5.17. The number of halogens is 9. The molecule has 0 radical (unpaired) electrons. The Hall–Kier alpha value is -3.65. The summed E-state index contributed by atoms with van der Waals surface area (Å²) in [6.07, 6.45) is -17.3. The van der Waals surface area contributed by atoms with E-state index >= 15 is 0 Å². The Kier molecular flexibility index (Phi) is 9.08. The van der Waals surface area contributed by atoms with Gasteiger partial charge in [0.15, 0.2) is 0 Å². The van der Waals surface area contributed by atoms with E-state index in [0.717, 1.165) is 23.0 Å². The number of nitrogens with zero attached hydrogens (tertiary/aromatic N) is 2. The zero-order valence-electron chi connectivity index (χ0n) is 21.9. The highest BCUT2D eigenvalue weighted by molar-refractivity contribution is 5.90. The molecule has 2 atom stereocenters. The third kappa shape index (κ3) is 6.99. The molecule has 41 heavy (non-hydrogen) atoms. The highest BCUT2D eigenvalue weighted by atomic mass is 19.4. The second-order valence-electron chi connectivity index (χ2n) is 9.17. The van der Waals surface area contributed by atoms with E-state index in [1.807, 2.05) is 0 Å². The second-order valence-corrected chi connectivity index (χ2v) is 9.17. The number of benzene rings is 2. The quantitative estimate of drug-likeness (QED) is 0.325. The van der Waals surface area contributed by atoms with Crippen molar-refractivity contribution in [3.8, 4) is 0 Å². The van der Waals surface area contributed by atoms with Gasteiger partial charge < -0.3 is 9.47 Å². The maximum absolute atomic E-state index is 13.7. The molecule has 0 unspecified atom stereocenters. The molecule has 0 N–H and O–H groups in total. The van der Waals surface area contributed by atoms with Crippen molar-refractivity contribution in [2.75, 3.05) is 18.6 Å². The van der Waals surface area contributed by atoms with Gasteiger partial charge in [0.2, 0.25) is 0 Å². The molecular formula is C26H25F9N2O4. The molecule has 2 aromatic rings. The summed E-state index contributed by atoms with van der Waals surface area (Å²) in [6.45, 7) is 2.23. The van der Waals surface area contributed by atoms with Gasteiger partial charge in [0.1, 0.15) is 0 Å². The maximum Gasteiger partial charge on any atom is 0.416 e. The van der Waals surface area contributed by atoms with Crippen molar-refractivity contribution < 1.29 is 58.6 Å². The van der Waals surface area contributed by atoms with E-state index in [9.17, 15) is 49.1 Å². The Morgan fingerprint density at radius 2 is 1.44 bits per heavy atom. The van der Waals surface area contributed by atoms with E-state index < -0.39 is 71.6 Å². The Balaban J connectivity index is 2.23. The van der Waals surface area contributed by atoms with Gasteiger partial charge in [-0.05, 0) is 67.3 Å². The topological polar surface area (TPSA) is 59.1 Å². The summed E-state index contributed by atoms with van der Waals surface area (Å²) in [5, 5.41) is 0. The molecule has 226 valence electrons. The number of carbonyl (C=O) groups is 2. The lowest BCUT2D eigenvalue weighted by Gasteiger charge is -2.43. The molecule has 0 fully saturated rings. The van der Waals surface area contributed by atoms with Crippen LogP contribution in [0.4, 0.5) is 54.8 Å². The summed E-state index contributed by atoms with van der Waals surface area (Å²) in [4.78, 5) is 27.6. The summed E-state index contributed by atoms with van der Waals surface area (Å²) in [5.74, 6) is 0. The van der Waals surface area contributed by atoms with Gasteiger partial charge in [-0.1, -0.05) is 6.92 Å². The predicted molar refractivity (Wildman–Crippen MR) is 127 cm³/mol. The van der Waals surface area contributed by atoms with Crippen molar-refractivity contribution >= 4 is 17.9 Å². The number of anilines is 1. The fourth-order valence-corrected chi connectivity index (χ4v) is 4.72. The number of rotatable bonds is 5. The maximum atomic E-state index is 13.7. The second kappa shape index (κ2) is 11.7. The smallest absolute Gasteiger partial charge is 0.416 e. The zero-order chi connectivity index (χ0) is 30.9. The fourth-order valence-electron chi connectivity index (χ4n) is 4.72. The van der Waals surface area contributed by atoms with Gasteiger partial charge in [0, 0.05) is 12.6 Å². The van der Waals surface area contributed by atoms with Crippen molar-refractivity contribution in [1.29, 1.82) is 0 Å². The van der Waals surface area contributed by atoms with E-state index in [1.54, 1.807) is 6.92 Å². The van der Waals surface area contributed by atoms with Gasteiger partial charge in [0.25, 0.3) is 0 Å². The van der Waals surface area contributed by atoms with Crippen LogP contribution >= 0.6 is 0 Å². The molecule has 0 spiro atoms. The van der Waals surface area contributed by atoms with Crippen LogP contribution < -0.4 is 4.90 Å². The van der Waals surface area contributed by atoms with Crippen molar-refractivity contribution in [2.24, 2.45) is 0 Å². The standard InChI is InChI=1S/C26H25F9N2O4/c1-4-18-12-21(19-11-15(24(27,28)29)6-7-20(19)37(18)23(39)41-5-2)36(22(38)40-3)13-14-8-16(25(30,31)32)10-17(9-14)26(33,34)35/h6-11,18,21H,4-5,12-13H2,1-3H3/t18-,21+/m0/s1. The van der Waals surface area contributed by atoms with Crippen molar-refractivity contribution in [3.05, 3.63) is 64.2 Å². The van der Waals surface area contributed by atoms with Crippen LogP contribution in [-0.2, 0) is 34.5 Å². The van der Waals surface area contributed by atoms with Gasteiger partial charge in [-0.3, -0.25) is 9.80 Å². The SMILES string of the molecule is CCOC(=O)N1c2ccc(C(F)(F)F)cc2[C@H](N(Cc2cc(C(F)(F)F)cc(C(F)(F)F)c2)C(=O)OC)C[C@@H]1CC. The Labute approximate surface area is 228 Å². The molecule has 1 aliphatic heterocycles. The molecule has 0 saturated carbocycles. The molecule has 0 bridgehead atoms. The van der Waals surface area contributed by atoms with Crippen LogP contribution in [0.15, 0.2) is 36.4 Å². The van der Waals surface area contributed by atoms with E-state index in [4.69, 9.17) is 9.47 Å². The molecule has 0 aromatic heterocycles. The number of fused-ring (bicyclic) bond motifs is 1. The summed E-state index contributed by atoms with van der Waals surface area (Å²) < 4.78 is 132. The summed E-state index contributed by atoms with van der Waals surface area (Å²) >= 11 is 0. The fraction of sp³-hybridized carbons (Fsp3) is 0.462. The zero-order valence-corrected chi connectivity index (χ0v) is 21.9. The third-order valence-corrected chi connectivity index (χ3v) is 6.56. The Bertz CT molecular complexity index is 1240. The molecule has 2 aromatic carbocycles. The van der Waals surface area contributed by atoms with E-state index in [-0.39, 0.29) is 36.8 Å². The van der Waals surface area contributed by atoms with E-state index in [2.05, 4.69) is 0 Å². The van der Waals surface area contributed by atoms with Crippen molar-refractivity contribution in [1.82, 2.24) is 4.90 Å². The van der Waals surface area contributed by atoms with Crippen LogP contribution in [0.5, 0.6) is 0 Å². The van der Waals surface area contributed by atoms with Crippen LogP contribution in [0.1, 0.15) is 60.5 Å². The predicted octanol–water partition coefficient (Wildman–Crippen LogP) is 8.20. The molecule has 3 rings (SSSR count). The van der Waals surface area contributed by atoms with Gasteiger partial charge >= 0.3 is 30.7 Å². The number of hydrogen-bond donors (Lipinski definition) is 0. The molecule has 2 amide bonds. The number of hydrogen-bond acceptors (Lipinski definition) is 4.